The average Bonchev–Trinajstić information content (AvgIpc) is 2.72. The fourth-order valence-electron chi connectivity index (χ4n) is 2.67. The van der Waals surface area contributed by atoms with E-state index in [0.29, 0.717) is 18.1 Å². The maximum absolute atomic E-state index is 12.3. The van der Waals surface area contributed by atoms with Crippen molar-refractivity contribution in [3.63, 3.8) is 0 Å². The average molecular weight is 369 g/mol. The molecular formula is C20H23N3O2S. The molecule has 136 valence electrons. The zero-order valence-corrected chi connectivity index (χ0v) is 15.5. The summed E-state index contributed by atoms with van der Waals surface area (Å²) >= 11 is 1.94. The number of esters is 1. The molecule has 0 saturated carbocycles. The summed E-state index contributed by atoms with van der Waals surface area (Å²) in [5.74, 6) is 2.40. The number of hydrogen-bond acceptors (Lipinski definition) is 4. The molecule has 2 aromatic rings. The third-order valence-corrected chi connectivity index (χ3v) is 5.08. The summed E-state index contributed by atoms with van der Waals surface area (Å²) in [6.07, 6.45) is 0. The van der Waals surface area contributed by atoms with Gasteiger partial charge < -0.3 is 15.4 Å². The van der Waals surface area contributed by atoms with Crippen LogP contribution in [-0.4, -0.2) is 41.4 Å². The van der Waals surface area contributed by atoms with E-state index in [4.69, 9.17) is 10.5 Å². The highest BCUT2D eigenvalue weighted by molar-refractivity contribution is 7.99. The monoisotopic (exact) mass is 369 g/mol. The van der Waals surface area contributed by atoms with Crippen LogP contribution in [0.4, 0.5) is 0 Å². The molecule has 1 aliphatic rings. The molecule has 0 atom stereocenters. The van der Waals surface area contributed by atoms with Gasteiger partial charge in [-0.15, -0.1) is 0 Å². The first-order chi connectivity index (χ1) is 12.7. The molecule has 2 N–H and O–H groups in total. The second-order valence-electron chi connectivity index (χ2n) is 6.04. The van der Waals surface area contributed by atoms with Crippen molar-refractivity contribution in [2.45, 2.75) is 13.2 Å². The Kier molecular flexibility index (Phi) is 6.55. The number of aliphatic imine (C=N–C) groups is 1. The molecule has 0 unspecified atom stereocenters. The molecule has 1 fully saturated rings. The maximum Gasteiger partial charge on any atom is 0.338 e. The van der Waals surface area contributed by atoms with Gasteiger partial charge in [0.2, 0.25) is 0 Å². The van der Waals surface area contributed by atoms with Crippen LogP contribution in [0.1, 0.15) is 21.5 Å². The molecule has 6 heteroatoms. The summed E-state index contributed by atoms with van der Waals surface area (Å²) in [6, 6.07) is 17.0. The first-order valence-electron chi connectivity index (χ1n) is 8.65. The van der Waals surface area contributed by atoms with Gasteiger partial charge in [-0.3, -0.25) is 0 Å². The summed E-state index contributed by atoms with van der Waals surface area (Å²) in [6.45, 7) is 2.59. The van der Waals surface area contributed by atoms with Crippen LogP contribution in [-0.2, 0) is 17.9 Å². The van der Waals surface area contributed by atoms with E-state index >= 15 is 0 Å². The Morgan fingerprint density at radius 3 is 2.58 bits per heavy atom. The number of carbonyl (C=O) groups is 1. The Bertz CT molecular complexity index is 759. The fraction of sp³-hybridized carbons (Fsp3) is 0.300. The minimum Gasteiger partial charge on any atom is -0.457 e. The number of rotatable bonds is 5. The van der Waals surface area contributed by atoms with Gasteiger partial charge in [0.25, 0.3) is 0 Å². The third-order valence-electron chi connectivity index (χ3n) is 4.13. The van der Waals surface area contributed by atoms with Gasteiger partial charge in [0.05, 0.1) is 12.1 Å². The van der Waals surface area contributed by atoms with Gasteiger partial charge in [0, 0.05) is 24.6 Å². The minimum atomic E-state index is -0.333. The smallest absolute Gasteiger partial charge is 0.338 e. The van der Waals surface area contributed by atoms with E-state index in [1.807, 2.05) is 60.3 Å². The number of guanidine groups is 1. The molecule has 0 radical (unpaired) electrons. The van der Waals surface area contributed by atoms with Crippen LogP contribution in [0.3, 0.4) is 0 Å². The van der Waals surface area contributed by atoms with Gasteiger partial charge in [-0.1, -0.05) is 42.5 Å². The Balaban J connectivity index is 1.57. The molecule has 1 saturated heterocycles. The molecule has 1 aliphatic heterocycles. The van der Waals surface area contributed by atoms with Crippen LogP contribution in [0.2, 0.25) is 0 Å². The number of nitrogens with zero attached hydrogens (tertiary/aromatic N) is 2. The number of benzene rings is 2. The first-order valence-corrected chi connectivity index (χ1v) is 9.80. The second-order valence-corrected chi connectivity index (χ2v) is 7.26. The molecule has 26 heavy (non-hydrogen) atoms. The molecule has 0 bridgehead atoms. The first kappa shape index (κ1) is 18.3. The zero-order valence-electron chi connectivity index (χ0n) is 14.6. The van der Waals surface area contributed by atoms with E-state index in [2.05, 4.69) is 9.89 Å². The Morgan fingerprint density at radius 1 is 1.08 bits per heavy atom. The molecule has 0 amide bonds. The summed E-state index contributed by atoms with van der Waals surface area (Å²) in [5, 5.41) is 0. The van der Waals surface area contributed by atoms with E-state index in [1.54, 1.807) is 6.07 Å². The molecule has 0 aromatic heterocycles. The Hall–Kier alpha value is -2.47. The molecule has 0 spiro atoms. The highest BCUT2D eigenvalue weighted by atomic mass is 32.2. The van der Waals surface area contributed by atoms with Crippen molar-refractivity contribution in [1.82, 2.24) is 4.90 Å². The van der Waals surface area contributed by atoms with Gasteiger partial charge in [-0.2, -0.15) is 11.8 Å². The maximum atomic E-state index is 12.3. The predicted octanol–water partition coefficient (Wildman–Crippen LogP) is 2.91. The lowest BCUT2D eigenvalue weighted by Crippen LogP contribution is -2.42. The minimum absolute atomic E-state index is 0.266. The van der Waals surface area contributed by atoms with Crippen molar-refractivity contribution in [2.75, 3.05) is 24.6 Å². The zero-order chi connectivity index (χ0) is 18.2. The van der Waals surface area contributed by atoms with Gasteiger partial charge in [0.15, 0.2) is 5.96 Å². The van der Waals surface area contributed by atoms with Crippen molar-refractivity contribution >= 4 is 23.7 Å². The van der Waals surface area contributed by atoms with E-state index in [9.17, 15) is 4.79 Å². The standard InChI is InChI=1S/C20H23N3O2S/c21-20(23-9-11-26-12-10-23)22-14-17-7-4-8-18(13-17)19(24)25-15-16-5-2-1-3-6-16/h1-8,13H,9-12,14-15H2,(H2,21,22). The van der Waals surface area contributed by atoms with E-state index in [1.165, 1.54) is 0 Å². The quantitative estimate of drug-likeness (QED) is 0.499. The van der Waals surface area contributed by atoms with Gasteiger partial charge in [-0.25, -0.2) is 9.79 Å². The topological polar surface area (TPSA) is 67.9 Å². The summed E-state index contributed by atoms with van der Waals surface area (Å²) in [4.78, 5) is 18.8. The van der Waals surface area contributed by atoms with Crippen LogP contribution in [0.15, 0.2) is 59.6 Å². The SMILES string of the molecule is NC(=NCc1cccc(C(=O)OCc2ccccc2)c1)N1CCSCC1. The van der Waals surface area contributed by atoms with Crippen LogP contribution in [0.25, 0.3) is 0 Å². The van der Waals surface area contributed by atoms with E-state index < -0.39 is 0 Å². The highest BCUT2D eigenvalue weighted by Crippen LogP contribution is 2.12. The van der Waals surface area contributed by atoms with Gasteiger partial charge >= 0.3 is 5.97 Å². The number of ether oxygens (including phenoxy) is 1. The third kappa shape index (κ3) is 5.26. The second kappa shape index (κ2) is 9.29. The normalized spacial score (nSPS) is 14.9. The van der Waals surface area contributed by atoms with Crippen LogP contribution >= 0.6 is 11.8 Å². The molecule has 2 aromatic carbocycles. The van der Waals surface area contributed by atoms with Gasteiger partial charge in [-0.05, 0) is 23.3 Å². The van der Waals surface area contributed by atoms with Gasteiger partial charge in [0.1, 0.15) is 6.61 Å². The highest BCUT2D eigenvalue weighted by Gasteiger charge is 2.12. The van der Waals surface area contributed by atoms with E-state index in [0.717, 1.165) is 35.7 Å². The van der Waals surface area contributed by atoms with Crippen molar-refractivity contribution in [3.05, 3.63) is 71.3 Å². The Labute approximate surface area is 158 Å². The molecule has 1 heterocycles. The number of thioether (sulfide) groups is 1. The molecule has 5 nitrogen and oxygen atoms in total. The van der Waals surface area contributed by atoms with Crippen LogP contribution in [0, 0.1) is 0 Å². The van der Waals surface area contributed by atoms with Crippen molar-refractivity contribution < 1.29 is 9.53 Å². The number of hydrogen-bond donors (Lipinski definition) is 1. The lowest BCUT2D eigenvalue weighted by atomic mass is 10.1. The molecule has 0 aliphatic carbocycles. The van der Waals surface area contributed by atoms with Crippen LogP contribution < -0.4 is 5.73 Å². The Morgan fingerprint density at radius 2 is 1.81 bits per heavy atom. The lowest BCUT2D eigenvalue weighted by Gasteiger charge is -2.27. The largest absolute Gasteiger partial charge is 0.457 e. The van der Waals surface area contributed by atoms with Crippen LogP contribution in [0.5, 0.6) is 0 Å². The summed E-state index contributed by atoms with van der Waals surface area (Å²) < 4.78 is 5.38. The summed E-state index contributed by atoms with van der Waals surface area (Å²) in [5.41, 5.74) is 8.52. The van der Waals surface area contributed by atoms with Crippen molar-refractivity contribution in [1.29, 1.82) is 0 Å². The molecule has 3 rings (SSSR count). The van der Waals surface area contributed by atoms with E-state index in [-0.39, 0.29) is 12.6 Å². The predicted molar refractivity (Wildman–Crippen MR) is 106 cm³/mol. The summed E-state index contributed by atoms with van der Waals surface area (Å²) in [7, 11) is 0. The number of nitrogens with two attached hydrogens (primary N) is 1. The molecular weight excluding hydrogens is 346 g/mol. The van der Waals surface area contributed by atoms with Crippen molar-refractivity contribution in [2.24, 2.45) is 10.7 Å². The number of carbonyl (C=O) groups excluding carboxylic acids is 1. The fourth-order valence-corrected chi connectivity index (χ4v) is 3.57. The lowest BCUT2D eigenvalue weighted by molar-refractivity contribution is 0.0472. The van der Waals surface area contributed by atoms with Crippen molar-refractivity contribution in [3.8, 4) is 0 Å².